The molecule has 0 bridgehead atoms. The predicted molar refractivity (Wildman–Crippen MR) is 65.8 cm³/mol. The molecule has 0 saturated carbocycles. The van der Waals surface area contributed by atoms with Crippen LogP contribution in [0.15, 0.2) is 12.2 Å². The van der Waals surface area contributed by atoms with E-state index in [1.807, 2.05) is 20.8 Å². The number of hydrogen-bond acceptors (Lipinski definition) is 4. The molecule has 0 aromatic heterocycles. The van der Waals surface area contributed by atoms with Crippen molar-refractivity contribution in [3.8, 4) is 0 Å². The van der Waals surface area contributed by atoms with Crippen molar-refractivity contribution in [2.24, 2.45) is 0 Å². The van der Waals surface area contributed by atoms with Crippen LogP contribution in [0, 0.1) is 0 Å². The molecule has 18 heavy (non-hydrogen) atoms. The van der Waals surface area contributed by atoms with Gasteiger partial charge in [-0.25, -0.2) is 0 Å². The second kappa shape index (κ2) is 4.33. The van der Waals surface area contributed by atoms with E-state index in [0.29, 0.717) is 6.42 Å². The van der Waals surface area contributed by atoms with Gasteiger partial charge >= 0.3 is 0 Å². The van der Waals surface area contributed by atoms with Crippen LogP contribution in [0.3, 0.4) is 0 Å². The maximum atomic E-state index is 11.2. The topological polar surface area (TPSA) is 67.8 Å². The fourth-order valence-electron chi connectivity index (χ4n) is 2.60. The number of rotatable bonds is 2. The quantitative estimate of drug-likeness (QED) is 0.714. The Kier molecular flexibility index (Phi) is 3.25. The van der Waals surface area contributed by atoms with Crippen LogP contribution in [-0.2, 0) is 14.3 Å². The molecule has 0 aromatic rings. The average molecular weight is 255 g/mol. The molecule has 0 aromatic carbocycles. The first-order chi connectivity index (χ1) is 8.27. The minimum absolute atomic E-state index is 0.126. The lowest BCUT2D eigenvalue weighted by Gasteiger charge is -2.38. The highest BCUT2D eigenvalue weighted by molar-refractivity contribution is 5.73. The van der Waals surface area contributed by atoms with Gasteiger partial charge in [0.05, 0.1) is 6.04 Å². The first-order valence-corrected chi connectivity index (χ1v) is 6.32. The third kappa shape index (κ3) is 2.30. The normalized spacial score (nSPS) is 41.5. The number of hydrogen-bond donors (Lipinski definition) is 2. The van der Waals surface area contributed by atoms with Gasteiger partial charge in [-0.1, -0.05) is 19.1 Å². The molecule has 102 valence electrons. The summed E-state index contributed by atoms with van der Waals surface area (Å²) < 4.78 is 11.6. The molecule has 0 unspecified atom stereocenters. The van der Waals surface area contributed by atoms with Crippen LogP contribution in [-0.4, -0.2) is 40.7 Å². The van der Waals surface area contributed by atoms with E-state index in [1.165, 1.54) is 6.92 Å². The molecule has 1 aliphatic carbocycles. The third-order valence-electron chi connectivity index (χ3n) is 3.50. The third-order valence-corrected chi connectivity index (χ3v) is 3.50. The summed E-state index contributed by atoms with van der Waals surface area (Å²) in [5.41, 5.74) is -1.03. The molecule has 1 amide bonds. The Balaban J connectivity index is 2.29. The first-order valence-electron chi connectivity index (χ1n) is 6.32. The Labute approximate surface area is 107 Å². The Hall–Kier alpha value is -0.910. The smallest absolute Gasteiger partial charge is 0.217 e. The summed E-state index contributed by atoms with van der Waals surface area (Å²) >= 11 is 0. The number of carbonyl (C=O) groups excluding carboxylic acids is 1. The molecule has 5 heteroatoms. The van der Waals surface area contributed by atoms with Crippen molar-refractivity contribution in [3.63, 3.8) is 0 Å². The SMILES string of the molecule is CC[C@]1(O)C=C[C@@H](NC(C)=O)[C@@H]2OC(C)(C)O[C@@H]21. The van der Waals surface area contributed by atoms with Crippen molar-refractivity contribution >= 4 is 5.91 Å². The zero-order valence-corrected chi connectivity index (χ0v) is 11.3. The van der Waals surface area contributed by atoms with E-state index in [1.54, 1.807) is 12.2 Å². The monoisotopic (exact) mass is 255 g/mol. The lowest BCUT2D eigenvalue weighted by Crippen LogP contribution is -2.57. The maximum Gasteiger partial charge on any atom is 0.217 e. The molecule has 2 N–H and O–H groups in total. The summed E-state index contributed by atoms with van der Waals surface area (Å²) in [7, 11) is 0. The van der Waals surface area contributed by atoms with E-state index in [2.05, 4.69) is 5.32 Å². The van der Waals surface area contributed by atoms with Gasteiger partial charge < -0.3 is 19.9 Å². The van der Waals surface area contributed by atoms with E-state index in [9.17, 15) is 9.90 Å². The Morgan fingerprint density at radius 1 is 1.44 bits per heavy atom. The maximum absolute atomic E-state index is 11.2. The summed E-state index contributed by atoms with van der Waals surface area (Å²) in [6.07, 6.45) is 3.21. The second-order valence-electron chi connectivity index (χ2n) is 5.45. The van der Waals surface area contributed by atoms with E-state index >= 15 is 0 Å². The molecule has 1 heterocycles. The predicted octanol–water partition coefficient (Wildman–Crippen LogP) is 0.722. The number of ether oxygens (including phenoxy) is 2. The second-order valence-corrected chi connectivity index (χ2v) is 5.45. The minimum Gasteiger partial charge on any atom is -0.383 e. The molecular formula is C13H21NO4. The van der Waals surface area contributed by atoms with Crippen molar-refractivity contribution in [2.45, 2.75) is 63.8 Å². The standard InChI is InChI=1S/C13H21NO4/c1-5-13(16)7-6-9(14-8(2)15)10-11(13)18-12(3,4)17-10/h6-7,9-11,16H,5H2,1-4H3,(H,14,15)/t9-,10+,11+,13+/m1/s1. The Morgan fingerprint density at radius 2 is 2.11 bits per heavy atom. The Morgan fingerprint density at radius 3 is 2.67 bits per heavy atom. The van der Waals surface area contributed by atoms with Crippen LogP contribution in [0.4, 0.5) is 0 Å². The molecule has 2 aliphatic rings. The van der Waals surface area contributed by atoms with E-state index in [0.717, 1.165) is 0 Å². The number of nitrogens with one attached hydrogen (secondary N) is 1. The van der Waals surface area contributed by atoms with E-state index in [-0.39, 0.29) is 18.1 Å². The van der Waals surface area contributed by atoms with Gasteiger partial charge in [0.2, 0.25) is 5.91 Å². The Bertz CT molecular complexity index is 379. The molecule has 5 nitrogen and oxygen atoms in total. The lowest BCUT2D eigenvalue weighted by atomic mass is 9.82. The number of amides is 1. The number of fused-ring (bicyclic) bond motifs is 1. The summed E-state index contributed by atoms with van der Waals surface area (Å²) in [4.78, 5) is 11.2. The molecule has 1 fully saturated rings. The zero-order chi connectivity index (χ0) is 13.6. The summed E-state index contributed by atoms with van der Waals surface area (Å²) in [6.45, 7) is 6.98. The first kappa shape index (κ1) is 13.5. The van der Waals surface area contributed by atoms with Gasteiger partial charge in [-0.3, -0.25) is 4.79 Å². The van der Waals surface area contributed by atoms with Gasteiger partial charge in [0, 0.05) is 6.92 Å². The van der Waals surface area contributed by atoms with Crippen LogP contribution in [0.2, 0.25) is 0 Å². The highest BCUT2D eigenvalue weighted by atomic mass is 16.8. The molecule has 1 saturated heterocycles. The van der Waals surface area contributed by atoms with Gasteiger partial charge in [0.15, 0.2) is 5.79 Å². The van der Waals surface area contributed by atoms with Crippen molar-refractivity contribution in [1.82, 2.24) is 5.32 Å². The largest absolute Gasteiger partial charge is 0.383 e. The average Bonchev–Trinajstić information content (AvgIpc) is 2.59. The summed E-state index contributed by atoms with van der Waals surface area (Å²) in [6, 6.07) is -0.263. The van der Waals surface area contributed by atoms with E-state index in [4.69, 9.17) is 9.47 Å². The van der Waals surface area contributed by atoms with Crippen LogP contribution in [0.1, 0.15) is 34.1 Å². The molecule has 0 radical (unpaired) electrons. The molecular weight excluding hydrogens is 234 g/mol. The minimum atomic E-state index is -1.03. The van der Waals surface area contributed by atoms with Crippen LogP contribution in [0.25, 0.3) is 0 Å². The molecule has 0 spiro atoms. The van der Waals surface area contributed by atoms with Gasteiger partial charge in [-0.05, 0) is 20.3 Å². The fraction of sp³-hybridized carbons (Fsp3) is 0.769. The highest BCUT2D eigenvalue weighted by Gasteiger charge is 2.54. The van der Waals surface area contributed by atoms with Crippen LogP contribution in [0.5, 0.6) is 0 Å². The summed E-state index contributed by atoms with van der Waals surface area (Å²) in [5, 5.41) is 13.3. The fourth-order valence-corrected chi connectivity index (χ4v) is 2.60. The van der Waals surface area contributed by atoms with Crippen LogP contribution < -0.4 is 5.32 Å². The zero-order valence-electron chi connectivity index (χ0n) is 11.3. The molecule has 2 rings (SSSR count). The van der Waals surface area contributed by atoms with Crippen molar-refractivity contribution in [3.05, 3.63) is 12.2 Å². The van der Waals surface area contributed by atoms with Crippen molar-refractivity contribution in [1.29, 1.82) is 0 Å². The van der Waals surface area contributed by atoms with Crippen LogP contribution >= 0.6 is 0 Å². The van der Waals surface area contributed by atoms with Crippen molar-refractivity contribution < 1.29 is 19.4 Å². The number of aliphatic hydroxyl groups is 1. The van der Waals surface area contributed by atoms with E-state index < -0.39 is 17.5 Å². The van der Waals surface area contributed by atoms with Gasteiger partial charge in [-0.2, -0.15) is 0 Å². The lowest BCUT2D eigenvalue weighted by molar-refractivity contribution is -0.163. The van der Waals surface area contributed by atoms with Gasteiger partial charge in [0.1, 0.15) is 17.8 Å². The molecule has 1 aliphatic heterocycles. The molecule has 4 atom stereocenters. The highest BCUT2D eigenvalue weighted by Crippen LogP contribution is 2.40. The van der Waals surface area contributed by atoms with Gasteiger partial charge in [-0.15, -0.1) is 0 Å². The summed E-state index contributed by atoms with van der Waals surface area (Å²) in [5.74, 6) is -0.875. The van der Waals surface area contributed by atoms with Gasteiger partial charge in [0.25, 0.3) is 0 Å². The number of carbonyl (C=O) groups is 1. The van der Waals surface area contributed by atoms with Crippen molar-refractivity contribution in [2.75, 3.05) is 0 Å².